The number of thioether (sulfide) groups is 1. The normalized spacial score (nSPS) is 10.8. The van der Waals surface area contributed by atoms with E-state index in [1.54, 1.807) is 18.2 Å². The average Bonchev–Trinajstić information content (AvgIpc) is 3.04. The summed E-state index contributed by atoms with van der Waals surface area (Å²) in [7, 11) is 0. The number of nitrogens with one attached hydrogen (secondary N) is 1. The number of hydrogen-bond donors (Lipinski definition) is 2. The lowest BCUT2D eigenvalue weighted by Gasteiger charge is -2.07. The second kappa shape index (κ2) is 9.32. The van der Waals surface area contributed by atoms with Gasteiger partial charge >= 0.3 is 0 Å². The van der Waals surface area contributed by atoms with E-state index in [1.807, 2.05) is 24.3 Å². The maximum atomic E-state index is 12.2. The van der Waals surface area contributed by atoms with E-state index in [0.717, 1.165) is 18.5 Å². The molecule has 9 heteroatoms. The summed E-state index contributed by atoms with van der Waals surface area (Å²) in [5.74, 6) is 6.45. The first-order chi connectivity index (χ1) is 13.5. The predicted octanol–water partition coefficient (Wildman–Crippen LogP) is 4.65. The highest BCUT2D eigenvalue weighted by molar-refractivity contribution is 7.99. The van der Waals surface area contributed by atoms with Crippen molar-refractivity contribution in [2.45, 2.75) is 24.9 Å². The maximum absolute atomic E-state index is 12.2. The second-order valence-corrected chi connectivity index (χ2v) is 7.87. The number of rotatable bonds is 7. The molecule has 0 aliphatic carbocycles. The van der Waals surface area contributed by atoms with Crippen LogP contribution in [0.25, 0.3) is 11.4 Å². The molecule has 0 spiro atoms. The number of aryl methyl sites for hydroxylation is 1. The Bertz CT molecular complexity index is 975. The van der Waals surface area contributed by atoms with Crippen LogP contribution in [0.15, 0.2) is 47.6 Å². The smallest absolute Gasteiger partial charge is 0.234 e. The predicted molar refractivity (Wildman–Crippen MR) is 115 cm³/mol. The molecule has 0 bridgehead atoms. The summed E-state index contributed by atoms with van der Waals surface area (Å²) in [5, 5.41) is 12.4. The highest BCUT2D eigenvalue weighted by Crippen LogP contribution is 2.30. The molecule has 1 amide bonds. The number of amides is 1. The Balaban J connectivity index is 1.62. The van der Waals surface area contributed by atoms with E-state index in [-0.39, 0.29) is 11.7 Å². The number of benzene rings is 2. The van der Waals surface area contributed by atoms with Crippen LogP contribution in [0.4, 0.5) is 5.69 Å². The molecule has 0 unspecified atom stereocenters. The van der Waals surface area contributed by atoms with Crippen LogP contribution in [0, 0.1) is 0 Å². The average molecular weight is 436 g/mol. The summed E-state index contributed by atoms with van der Waals surface area (Å²) in [4.78, 5) is 12.2. The number of nitrogens with zero attached hydrogens (tertiary/aromatic N) is 3. The van der Waals surface area contributed by atoms with Crippen LogP contribution in [0.2, 0.25) is 10.0 Å². The number of nitrogen functional groups attached to an aromatic ring is 1. The van der Waals surface area contributed by atoms with Crippen molar-refractivity contribution in [2.75, 3.05) is 16.9 Å². The molecule has 0 aliphatic rings. The Kier molecular flexibility index (Phi) is 6.83. The van der Waals surface area contributed by atoms with Crippen molar-refractivity contribution < 1.29 is 4.79 Å². The zero-order chi connectivity index (χ0) is 20.1. The Morgan fingerprint density at radius 2 is 1.93 bits per heavy atom. The highest BCUT2D eigenvalue weighted by Gasteiger charge is 2.16. The van der Waals surface area contributed by atoms with Crippen LogP contribution in [-0.2, 0) is 11.2 Å². The monoisotopic (exact) mass is 435 g/mol. The second-order valence-electron chi connectivity index (χ2n) is 6.08. The third kappa shape index (κ3) is 4.98. The SMILES string of the molecule is CCCc1ccc(NC(=O)CSc2nnc(-c3cc(Cl)ccc3Cl)n2N)cc1. The standard InChI is InChI=1S/C19H19Cl2N5OS/c1-2-3-12-4-7-14(8-5-12)23-17(27)11-28-19-25-24-18(26(19)22)15-10-13(20)6-9-16(15)21/h4-10H,2-3,11,22H2,1H3,(H,23,27). The van der Waals surface area contributed by atoms with E-state index in [0.29, 0.717) is 26.6 Å². The Morgan fingerprint density at radius 1 is 1.18 bits per heavy atom. The lowest BCUT2D eigenvalue weighted by atomic mass is 10.1. The number of aromatic nitrogens is 3. The summed E-state index contributed by atoms with van der Waals surface area (Å²) in [6.07, 6.45) is 2.11. The topological polar surface area (TPSA) is 85.8 Å². The van der Waals surface area contributed by atoms with Crippen LogP contribution in [0.5, 0.6) is 0 Å². The maximum Gasteiger partial charge on any atom is 0.234 e. The number of halogens is 2. The van der Waals surface area contributed by atoms with Crippen molar-refractivity contribution >= 4 is 46.6 Å². The van der Waals surface area contributed by atoms with E-state index in [4.69, 9.17) is 29.0 Å². The summed E-state index contributed by atoms with van der Waals surface area (Å²) in [5.41, 5.74) is 2.58. The molecule has 1 heterocycles. The van der Waals surface area contributed by atoms with Crippen molar-refractivity contribution in [2.24, 2.45) is 0 Å². The van der Waals surface area contributed by atoms with Gasteiger partial charge in [0.2, 0.25) is 11.1 Å². The fraction of sp³-hybridized carbons (Fsp3) is 0.211. The fourth-order valence-electron chi connectivity index (χ4n) is 2.60. The largest absolute Gasteiger partial charge is 0.335 e. The van der Waals surface area contributed by atoms with Gasteiger partial charge in [0.25, 0.3) is 0 Å². The molecule has 3 aromatic rings. The molecule has 6 nitrogen and oxygen atoms in total. The van der Waals surface area contributed by atoms with Gasteiger partial charge < -0.3 is 11.2 Å². The Labute approximate surface area is 177 Å². The van der Waals surface area contributed by atoms with Crippen molar-refractivity contribution in [1.29, 1.82) is 0 Å². The van der Waals surface area contributed by atoms with E-state index in [2.05, 4.69) is 22.4 Å². The van der Waals surface area contributed by atoms with Gasteiger partial charge in [-0.1, -0.05) is 60.4 Å². The molecule has 3 rings (SSSR count). The summed E-state index contributed by atoms with van der Waals surface area (Å²) in [6.45, 7) is 2.13. The number of hydrogen-bond acceptors (Lipinski definition) is 5. The zero-order valence-corrected chi connectivity index (χ0v) is 17.5. The minimum Gasteiger partial charge on any atom is -0.335 e. The van der Waals surface area contributed by atoms with Crippen LogP contribution >= 0.6 is 35.0 Å². The van der Waals surface area contributed by atoms with E-state index in [9.17, 15) is 4.79 Å². The molecule has 28 heavy (non-hydrogen) atoms. The molecule has 0 saturated heterocycles. The highest BCUT2D eigenvalue weighted by atomic mass is 35.5. The molecule has 146 valence electrons. The van der Waals surface area contributed by atoms with Gasteiger partial charge in [-0.3, -0.25) is 4.79 Å². The van der Waals surface area contributed by atoms with Crippen LogP contribution < -0.4 is 11.2 Å². The number of carbonyl (C=O) groups excluding carboxylic acids is 1. The lowest BCUT2D eigenvalue weighted by Crippen LogP contribution is -2.16. The van der Waals surface area contributed by atoms with Gasteiger partial charge in [0.15, 0.2) is 5.82 Å². The van der Waals surface area contributed by atoms with Gasteiger partial charge in [-0.25, -0.2) is 4.68 Å². The molecule has 0 atom stereocenters. The molecular weight excluding hydrogens is 417 g/mol. The lowest BCUT2D eigenvalue weighted by molar-refractivity contribution is -0.113. The molecule has 0 fully saturated rings. The summed E-state index contributed by atoms with van der Waals surface area (Å²) in [6, 6.07) is 12.9. The molecule has 2 aromatic carbocycles. The first-order valence-electron chi connectivity index (χ1n) is 8.65. The fourth-order valence-corrected chi connectivity index (χ4v) is 3.63. The van der Waals surface area contributed by atoms with Crippen LogP contribution in [0.3, 0.4) is 0 Å². The number of carbonyl (C=O) groups is 1. The number of nitrogens with two attached hydrogens (primary N) is 1. The van der Waals surface area contributed by atoms with E-state index < -0.39 is 0 Å². The summed E-state index contributed by atoms with van der Waals surface area (Å²) < 4.78 is 1.30. The molecule has 0 radical (unpaired) electrons. The van der Waals surface area contributed by atoms with Gasteiger partial charge in [-0.15, -0.1) is 10.2 Å². The first-order valence-corrected chi connectivity index (χ1v) is 10.4. The van der Waals surface area contributed by atoms with Crippen LogP contribution in [0.1, 0.15) is 18.9 Å². The minimum atomic E-state index is -0.154. The first kappa shape index (κ1) is 20.5. The molecule has 3 N–H and O–H groups in total. The summed E-state index contributed by atoms with van der Waals surface area (Å²) >= 11 is 13.4. The molecule has 1 aromatic heterocycles. The van der Waals surface area contributed by atoms with Gasteiger partial charge in [-0.2, -0.15) is 0 Å². The zero-order valence-electron chi connectivity index (χ0n) is 15.2. The van der Waals surface area contributed by atoms with Gasteiger partial charge in [0, 0.05) is 16.3 Å². The molecule has 0 saturated carbocycles. The van der Waals surface area contributed by atoms with Gasteiger partial charge in [-0.05, 0) is 42.3 Å². The van der Waals surface area contributed by atoms with Crippen LogP contribution in [-0.4, -0.2) is 26.5 Å². The third-order valence-electron chi connectivity index (χ3n) is 3.94. The van der Waals surface area contributed by atoms with Gasteiger partial charge in [0.1, 0.15) is 0 Å². The van der Waals surface area contributed by atoms with E-state index in [1.165, 1.54) is 22.0 Å². The van der Waals surface area contributed by atoms with Crippen molar-refractivity contribution in [3.05, 3.63) is 58.1 Å². The Hall–Kier alpha value is -2.22. The minimum absolute atomic E-state index is 0.148. The molecular formula is C19H19Cl2N5OS. The van der Waals surface area contributed by atoms with Gasteiger partial charge in [0.05, 0.1) is 10.8 Å². The third-order valence-corrected chi connectivity index (χ3v) is 5.45. The quantitative estimate of drug-likeness (QED) is 0.416. The van der Waals surface area contributed by atoms with Crippen molar-refractivity contribution in [3.63, 3.8) is 0 Å². The Morgan fingerprint density at radius 3 is 2.64 bits per heavy atom. The van der Waals surface area contributed by atoms with Crippen molar-refractivity contribution in [3.8, 4) is 11.4 Å². The number of anilines is 1. The molecule has 0 aliphatic heterocycles. The van der Waals surface area contributed by atoms with E-state index >= 15 is 0 Å². The van der Waals surface area contributed by atoms with Crippen molar-refractivity contribution in [1.82, 2.24) is 14.9 Å².